The summed E-state index contributed by atoms with van der Waals surface area (Å²) in [6, 6.07) is 7.76. The van der Waals surface area contributed by atoms with Crippen molar-refractivity contribution in [2.75, 3.05) is 18.5 Å². The van der Waals surface area contributed by atoms with Crippen LogP contribution >= 0.6 is 0 Å². The molecule has 0 bridgehead atoms. The van der Waals surface area contributed by atoms with E-state index in [2.05, 4.69) is 5.32 Å². The van der Waals surface area contributed by atoms with Crippen molar-refractivity contribution in [2.24, 2.45) is 0 Å². The highest BCUT2D eigenvalue weighted by atomic mass is 16.5. The summed E-state index contributed by atoms with van der Waals surface area (Å²) in [4.78, 5) is 0. The van der Waals surface area contributed by atoms with Crippen molar-refractivity contribution in [3.8, 4) is 5.75 Å². The van der Waals surface area contributed by atoms with E-state index in [0.29, 0.717) is 13.2 Å². The molecule has 1 aromatic carbocycles. The summed E-state index contributed by atoms with van der Waals surface area (Å²) in [6.45, 7) is 6.99. The molecule has 0 saturated carbocycles. The van der Waals surface area contributed by atoms with Crippen LogP contribution in [0.2, 0.25) is 0 Å². The maximum absolute atomic E-state index is 9.84. The first-order valence-corrected chi connectivity index (χ1v) is 5.76. The Morgan fingerprint density at radius 1 is 1.25 bits per heavy atom. The summed E-state index contributed by atoms with van der Waals surface area (Å²) in [5.41, 5.74) is 0.343. The lowest BCUT2D eigenvalue weighted by Gasteiger charge is -2.22. The zero-order chi connectivity index (χ0) is 12.0. The summed E-state index contributed by atoms with van der Waals surface area (Å²) in [6.07, 6.45) is 0.733. The highest BCUT2D eigenvalue weighted by Crippen LogP contribution is 2.17. The van der Waals surface area contributed by atoms with Gasteiger partial charge in [-0.25, -0.2) is 0 Å². The van der Waals surface area contributed by atoms with Gasteiger partial charge in [-0.3, -0.25) is 0 Å². The second kappa shape index (κ2) is 5.75. The molecule has 0 spiro atoms. The van der Waals surface area contributed by atoms with Crippen LogP contribution < -0.4 is 10.1 Å². The molecule has 0 aliphatic heterocycles. The minimum atomic E-state index is -0.654. The number of rotatable bonds is 6. The van der Waals surface area contributed by atoms with Crippen molar-refractivity contribution in [3.63, 3.8) is 0 Å². The molecule has 3 nitrogen and oxygen atoms in total. The molecule has 0 heterocycles. The van der Waals surface area contributed by atoms with Gasteiger partial charge in [-0.15, -0.1) is 0 Å². The molecule has 0 aliphatic rings. The van der Waals surface area contributed by atoms with Gasteiger partial charge >= 0.3 is 0 Å². The number of hydrogen-bond donors (Lipinski definition) is 2. The van der Waals surface area contributed by atoms with E-state index in [1.165, 1.54) is 0 Å². The Morgan fingerprint density at radius 2 is 1.88 bits per heavy atom. The van der Waals surface area contributed by atoms with E-state index in [0.717, 1.165) is 17.9 Å². The molecule has 0 aromatic heterocycles. The van der Waals surface area contributed by atoms with E-state index in [1.807, 2.05) is 45.0 Å². The van der Waals surface area contributed by atoms with Crippen molar-refractivity contribution < 1.29 is 9.84 Å². The van der Waals surface area contributed by atoms with Crippen LogP contribution in [0.4, 0.5) is 5.69 Å². The summed E-state index contributed by atoms with van der Waals surface area (Å²) in [5.74, 6) is 0.871. The maximum atomic E-state index is 9.84. The van der Waals surface area contributed by atoms with Crippen molar-refractivity contribution >= 4 is 5.69 Å². The predicted octanol–water partition coefficient (Wildman–Crippen LogP) is 2.66. The second-order valence-electron chi connectivity index (χ2n) is 4.16. The van der Waals surface area contributed by atoms with Gasteiger partial charge in [0.05, 0.1) is 12.2 Å². The Hall–Kier alpha value is -1.22. The van der Waals surface area contributed by atoms with Crippen LogP contribution in [0.5, 0.6) is 5.75 Å². The summed E-state index contributed by atoms with van der Waals surface area (Å²) < 4.78 is 5.35. The van der Waals surface area contributed by atoms with Crippen molar-refractivity contribution in [3.05, 3.63) is 24.3 Å². The van der Waals surface area contributed by atoms with Gasteiger partial charge in [0.15, 0.2) is 0 Å². The lowest BCUT2D eigenvalue weighted by Crippen LogP contribution is -2.32. The Morgan fingerprint density at radius 3 is 2.38 bits per heavy atom. The molecule has 0 radical (unpaired) electrons. The smallest absolute Gasteiger partial charge is 0.119 e. The molecule has 1 unspecified atom stereocenters. The van der Waals surface area contributed by atoms with E-state index in [-0.39, 0.29) is 0 Å². The fraction of sp³-hybridized carbons (Fsp3) is 0.538. The van der Waals surface area contributed by atoms with Gasteiger partial charge in [-0.05, 0) is 44.5 Å². The van der Waals surface area contributed by atoms with Crippen LogP contribution in [-0.4, -0.2) is 23.9 Å². The number of anilines is 1. The molecule has 0 fully saturated rings. The van der Waals surface area contributed by atoms with E-state index in [4.69, 9.17) is 4.74 Å². The first-order valence-electron chi connectivity index (χ1n) is 5.76. The van der Waals surface area contributed by atoms with E-state index < -0.39 is 5.60 Å². The fourth-order valence-corrected chi connectivity index (χ4v) is 1.25. The molecule has 16 heavy (non-hydrogen) atoms. The van der Waals surface area contributed by atoms with Gasteiger partial charge in [-0.2, -0.15) is 0 Å². The van der Waals surface area contributed by atoms with Crippen molar-refractivity contribution in [2.45, 2.75) is 32.8 Å². The van der Waals surface area contributed by atoms with Gasteiger partial charge < -0.3 is 15.2 Å². The lowest BCUT2D eigenvalue weighted by molar-refractivity contribution is 0.0697. The van der Waals surface area contributed by atoms with E-state index in [9.17, 15) is 5.11 Å². The Bertz CT molecular complexity index is 306. The second-order valence-corrected chi connectivity index (χ2v) is 4.16. The topological polar surface area (TPSA) is 41.5 Å². The molecule has 1 atom stereocenters. The molecular weight excluding hydrogens is 202 g/mol. The average molecular weight is 223 g/mol. The third kappa shape index (κ3) is 4.11. The standard InChI is InChI=1S/C13H21NO2/c1-4-13(3,15)10-14-11-6-8-12(9-7-11)16-5-2/h6-9,14-15H,4-5,10H2,1-3H3. The molecular formula is C13H21NO2. The van der Waals surface area contributed by atoms with Gasteiger partial charge in [0, 0.05) is 12.2 Å². The van der Waals surface area contributed by atoms with Gasteiger partial charge in [0.1, 0.15) is 5.75 Å². The first-order chi connectivity index (χ1) is 7.57. The van der Waals surface area contributed by atoms with Crippen LogP contribution in [-0.2, 0) is 0 Å². The number of benzene rings is 1. The SMILES string of the molecule is CCOc1ccc(NCC(C)(O)CC)cc1. The van der Waals surface area contributed by atoms with Gasteiger partial charge in [0.25, 0.3) is 0 Å². The van der Waals surface area contributed by atoms with E-state index >= 15 is 0 Å². The quantitative estimate of drug-likeness (QED) is 0.779. The zero-order valence-corrected chi connectivity index (χ0v) is 10.3. The predicted molar refractivity (Wildman–Crippen MR) is 67.0 cm³/mol. The largest absolute Gasteiger partial charge is 0.494 e. The monoisotopic (exact) mass is 223 g/mol. The van der Waals surface area contributed by atoms with Crippen LogP contribution in [0.3, 0.4) is 0 Å². The average Bonchev–Trinajstić information content (AvgIpc) is 2.29. The van der Waals surface area contributed by atoms with Crippen molar-refractivity contribution in [1.29, 1.82) is 0 Å². The number of hydrogen-bond acceptors (Lipinski definition) is 3. The molecule has 0 saturated heterocycles. The molecule has 0 aliphatic carbocycles. The van der Waals surface area contributed by atoms with Crippen LogP contribution in [0.15, 0.2) is 24.3 Å². The molecule has 2 N–H and O–H groups in total. The number of aliphatic hydroxyl groups is 1. The normalized spacial score (nSPS) is 14.2. The van der Waals surface area contributed by atoms with Crippen LogP contribution in [0, 0.1) is 0 Å². The summed E-state index contributed by atoms with van der Waals surface area (Å²) in [7, 11) is 0. The molecule has 1 rings (SSSR count). The molecule has 3 heteroatoms. The third-order valence-corrected chi connectivity index (χ3v) is 2.60. The minimum absolute atomic E-state index is 0.553. The van der Waals surface area contributed by atoms with Gasteiger partial charge in [0.2, 0.25) is 0 Å². The molecule has 90 valence electrons. The Labute approximate surface area is 97.4 Å². The van der Waals surface area contributed by atoms with Crippen LogP contribution in [0.25, 0.3) is 0 Å². The highest BCUT2D eigenvalue weighted by Gasteiger charge is 2.16. The summed E-state index contributed by atoms with van der Waals surface area (Å²) >= 11 is 0. The van der Waals surface area contributed by atoms with Crippen molar-refractivity contribution in [1.82, 2.24) is 0 Å². The number of ether oxygens (including phenoxy) is 1. The highest BCUT2D eigenvalue weighted by molar-refractivity contribution is 5.46. The molecule has 1 aromatic rings. The van der Waals surface area contributed by atoms with Gasteiger partial charge in [-0.1, -0.05) is 6.92 Å². The number of nitrogens with one attached hydrogen (secondary N) is 1. The first kappa shape index (κ1) is 12.8. The Kier molecular flexibility index (Phi) is 4.62. The lowest BCUT2D eigenvalue weighted by atomic mass is 10.0. The maximum Gasteiger partial charge on any atom is 0.119 e. The minimum Gasteiger partial charge on any atom is -0.494 e. The molecule has 0 amide bonds. The third-order valence-electron chi connectivity index (χ3n) is 2.60. The Balaban J connectivity index is 2.49. The van der Waals surface area contributed by atoms with Crippen LogP contribution in [0.1, 0.15) is 27.2 Å². The summed E-state index contributed by atoms with van der Waals surface area (Å²) in [5, 5.41) is 13.0. The fourth-order valence-electron chi connectivity index (χ4n) is 1.25. The van der Waals surface area contributed by atoms with E-state index in [1.54, 1.807) is 0 Å². The zero-order valence-electron chi connectivity index (χ0n) is 10.3.